The van der Waals surface area contributed by atoms with Crippen LogP contribution in [0.1, 0.15) is 15.9 Å². The number of aryl methyl sites for hydroxylation is 1. The number of hydrogen-bond acceptors (Lipinski definition) is 3. The lowest BCUT2D eigenvalue weighted by Crippen LogP contribution is -2.42. The first kappa shape index (κ1) is 12.1. The minimum atomic E-state index is -0.757. The van der Waals surface area contributed by atoms with Crippen LogP contribution >= 0.6 is 0 Å². The second kappa shape index (κ2) is 4.87. The third-order valence-corrected chi connectivity index (χ3v) is 4.22. The molecular weight excluding hydrogens is 236 g/mol. The van der Waals surface area contributed by atoms with Crippen LogP contribution in [-0.4, -0.2) is 39.6 Å². The first-order valence-corrected chi connectivity index (χ1v) is 7.07. The molecule has 0 radical (unpaired) electrons. The van der Waals surface area contributed by atoms with Crippen molar-refractivity contribution in [2.24, 2.45) is 0 Å². The summed E-state index contributed by atoms with van der Waals surface area (Å²) >= 11 is 0. The van der Waals surface area contributed by atoms with Crippen molar-refractivity contribution >= 4 is 22.4 Å². The van der Waals surface area contributed by atoms with Gasteiger partial charge in [-0.3, -0.25) is 9.00 Å². The molecule has 0 unspecified atom stereocenters. The van der Waals surface area contributed by atoms with Gasteiger partial charge in [0.25, 0.3) is 5.91 Å². The zero-order valence-corrected chi connectivity index (χ0v) is 10.6. The van der Waals surface area contributed by atoms with Gasteiger partial charge in [0.2, 0.25) is 0 Å². The molecular formula is C12H16N2O2S. The maximum Gasteiger partial charge on any atom is 0.254 e. The fraction of sp³-hybridized carbons (Fsp3) is 0.417. The first-order valence-electron chi connectivity index (χ1n) is 5.58. The molecule has 2 rings (SSSR count). The van der Waals surface area contributed by atoms with Crippen LogP contribution in [0.2, 0.25) is 0 Å². The summed E-state index contributed by atoms with van der Waals surface area (Å²) in [5, 5.41) is 0. The van der Waals surface area contributed by atoms with Gasteiger partial charge in [-0.15, -0.1) is 0 Å². The second-order valence-electron chi connectivity index (χ2n) is 4.21. The van der Waals surface area contributed by atoms with Crippen molar-refractivity contribution in [3.63, 3.8) is 0 Å². The van der Waals surface area contributed by atoms with E-state index in [1.54, 1.807) is 23.1 Å². The van der Waals surface area contributed by atoms with Crippen molar-refractivity contribution in [2.45, 2.75) is 6.92 Å². The summed E-state index contributed by atoms with van der Waals surface area (Å²) in [5.74, 6) is 1.18. The molecule has 1 aromatic carbocycles. The summed E-state index contributed by atoms with van der Waals surface area (Å²) in [7, 11) is -0.757. The van der Waals surface area contributed by atoms with E-state index in [0.717, 1.165) is 5.56 Å². The summed E-state index contributed by atoms with van der Waals surface area (Å²) < 4.78 is 11.2. The van der Waals surface area contributed by atoms with E-state index >= 15 is 0 Å². The minimum Gasteiger partial charge on any atom is -0.399 e. The van der Waals surface area contributed by atoms with E-state index in [-0.39, 0.29) is 5.91 Å². The summed E-state index contributed by atoms with van der Waals surface area (Å²) in [5.41, 5.74) is 7.90. The summed E-state index contributed by atoms with van der Waals surface area (Å²) in [4.78, 5) is 14.0. The predicted octanol–water partition coefficient (Wildman–Crippen LogP) is 0.782. The van der Waals surface area contributed by atoms with Crippen LogP contribution in [0, 0.1) is 6.92 Å². The SMILES string of the molecule is Cc1cc(N)ccc1C(=O)N1CCS(=O)CC1. The molecule has 1 saturated heterocycles. The fourth-order valence-corrected chi connectivity index (χ4v) is 2.99. The van der Waals surface area contributed by atoms with Crippen molar-refractivity contribution in [3.8, 4) is 0 Å². The Kier molecular flexibility index (Phi) is 3.47. The summed E-state index contributed by atoms with van der Waals surface area (Å²) in [6, 6.07) is 5.30. The standard InChI is InChI=1S/C12H16N2O2S/c1-9-8-10(13)2-3-11(9)12(15)14-4-6-17(16)7-5-14/h2-3,8H,4-7,13H2,1H3. The third kappa shape index (κ3) is 2.66. The molecule has 1 aromatic rings. The van der Waals surface area contributed by atoms with E-state index in [1.165, 1.54) is 0 Å². The van der Waals surface area contributed by atoms with Crippen LogP contribution in [0.15, 0.2) is 18.2 Å². The quantitative estimate of drug-likeness (QED) is 0.751. The monoisotopic (exact) mass is 252 g/mol. The van der Waals surface area contributed by atoms with Gasteiger partial charge in [0, 0.05) is 46.6 Å². The van der Waals surface area contributed by atoms with Gasteiger partial charge < -0.3 is 10.6 Å². The maximum atomic E-state index is 12.2. The van der Waals surface area contributed by atoms with Gasteiger partial charge in [0.1, 0.15) is 0 Å². The van der Waals surface area contributed by atoms with E-state index in [0.29, 0.717) is 35.8 Å². The molecule has 2 N–H and O–H groups in total. The van der Waals surface area contributed by atoms with Crippen LogP contribution in [-0.2, 0) is 10.8 Å². The third-order valence-electron chi connectivity index (χ3n) is 2.95. The Morgan fingerprint density at radius 2 is 2.00 bits per heavy atom. The number of hydrogen-bond donors (Lipinski definition) is 1. The van der Waals surface area contributed by atoms with Gasteiger partial charge in [-0.25, -0.2) is 0 Å². The topological polar surface area (TPSA) is 63.4 Å². The number of anilines is 1. The Labute approximate surface area is 103 Å². The minimum absolute atomic E-state index is 0.0131. The Balaban J connectivity index is 2.16. The van der Waals surface area contributed by atoms with Crippen molar-refractivity contribution < 1.29 is 9.00 Å². The maximum absolute atomic E-state index is 12.2. The highest BCUT2D eigenvalue weighted by Crippen LogP contribution is 2.15. The number of carbonyl (C=O) groups is 1. The molecule has 92 valence electrons. The van der Waals surface area contributed by atoms with Crippen molar-refractivity contribution in [2.75, 3.05) is 30.3 Å². The zero-order chi connectivity index (χ0) is 12.4. The average molecular weight is 252 g/mol. The number of benzene rings is 1. The van der Waals surface area contributed by atoms with Crippen molar-refractivity contribution in [1.82, 2.24) is 4.90 Å². The lowest BCUT2D eigenvalue weighted by molar-refractivity contribution is 0.0770. The molecule has 0 saturated carbocycles. The van der Waals surface area contributed by atoms with Gasteiger partial charge in [-0.1, -0.05) is 0 Å². The Bertz CT molecular complexity index is 464. The summed E-state index contributed by atoms with van der Waals surface area (Å²) in [6.45, 7) is 3.04. The average Bonchev–Trinajstić information content (AvgIpc) is 2.29. The molecule has 0 bridgehead atoms. The Morgan fingerprint density at radius 3 is 2.59 bits per heavy atom. The smallest absolute Gasteiger partial charge is 0.254 e. The van der Waals surface area contributed by atoms with E-state index < -0.39 is 10.8 Å². The molecule has 0 aliphatic carbocycles. The number of amides is 1. The van der Waals surface area contributed by atoms with Crippen LogP contribution in [0.3, 0.4) is 0 Å². The molecule has 0 atom stereocenters. The molecule has 17 heavy (non-hydrogen) atoms. The van der Waals surface area contributed by atoms with Gasteiger partial charge in [0.15, 0.2) is 0 Å². The molecule has 1 heterocycles. The second-order valence-corrected chi connectivity index (χ2v) is 5.91. The van der Waals surface area contributed by atoms with Crippen LogP contribution in [0.4, 0.5) is 5.69 Å². The van der Waals surface area contributed by atoms with Crippen LogP contribution in [0.25, 0.3) is 0 Å². The molecule has 5 heteroatoms. The largest absolute Gasteiger partial charge is 0.399 e. The van der Waals surface area contributed by atoms with E-state index in [1.807, 2.05) is 6.92 Å². The molecule has 1 amide bonds. The molecule has 1 fully saturated rings. The predicted molar refractivity (Wildman–Crippen MR) is 69.4 cm³/mol. The van der Waals surface area contributed by atoms with Crippen molar-refractivity contribution in [1.29, 1.82) is 0 Å². The first-order chi connectivity index (χ1) is 8.08. The molecule has 1 aliphatic heterocycles. The fourth-order valence-electron chi connectivity index (χ4n) is 1.94. The number of nitrogens with two attached hydrogens (primary N) is 1. The van der Waals surface area contributed by atoms with Crippen molar-refractivity contribution in [3.05, 3.63) is 29.3 Å². The van der Waals surface area contributed by atoms with E-state index in [4.69, 9.17) is 5.73 Å². The highest BCUT2D eigenvalue weighted by molar-refractivity contribution is 7.85. The number of nitrogen functional groups attached to an aromatic ring is 1. The zero-order valence-electron chi connectivity index (χ0n) is 9.81. The van der Waals surface area contributed by atoms with Gasteiger partial charge in [-0.05, 0) is 30.7 Å². The molecule has 0 aromatic heterocycles. The normalized spacial score (nSPS) is 17.1. The van der Waals surface area contributed by atoms with Gasteiger partial charge in [-0.2, -0.15) is 0 Å². The van der Waals surface area contributed by atoms with Crippen LogP contribution < -0.4 is 5.73 Å². The lowest BCUT2D eigenvalue weighted by atomic mass is 10.1. The molecule has 1 aliphatic rings. The molecule has 4 nitrogen and oxygen atoms in total. The number of nitrogens with zero attached hydrogens (tertiary/aromatic N) is 1. The van der Waals surface area contributed by atoms with Gasteiger partial charge in [0.05, 0.1) is 0 Å². The van der Waals surface area contributed by atoms with E-state index in [2.05, 4.69) is 0 Å². The molecule has 0 spiro atoms. The van der Waals surface area contributed by atoms with Gasteiger partial charge >= 0.3 is 0 Å². The lowest BCUT2D eigenvalue weighted by Gasteiger charge is -2.27. The van der Waals surface area contributed by atoms with Crippen LogP contribution in [0.5, 0.6) is 0 Å². The summed E-state index contributed by atoms with van der Waals surface area (Å²) in [6.07, 6.45) is 0. The highest BCUT2D eigenvalue weighted by Gasteiger charge is 2.22. The highest BCUT2D eigenvalue weighted by atomic mass is 32.2. The number of carbonyl (C=O) groups excluding carboxylic acids is 1. The Hall–Kier alpha value is -1.36. The van der Waals surface area contributed by atoms with E-state index in [9.17, 15) is 9.00 Å². The number of rotatable bonds is 1. The Morgan fingerprint density at radius 1 is 1.35 bits per heavy atom.